The van der Waals surface area contributed by atoms with Crippen molar-refractivity contribution in [2.24, 2.45) is 7.05 Å². The van der Waals surface area contributed by atoms with Crippen LogP contribution in [0.4, 0.5) is 8.78 Å². The van der Waals surface area contributed by atoms with Crippen molar-refractivity contribution in [1.29, 1.82) is 0 Å². The van der Waals surface area contributed by atoms with Gasteiger partial charge in [0, 0.05) is 7.05 Å². The standard InChI is InChI=1S/C3H3F2N3/c1-8-2(4)6-7-3(8)5/h1H3. The van der Waals surface area contributed by atoms with E-state index in [1.165, 1.54) is 7.05 Å². The lowest BCUT2D eigenvalue weighted by Crippen LogP contribution is -1.94. The zero-order valence-corrected chi connectivity index (χ0v) is 4.10. The third kappa shape index (κ3) is 0.556. The van der Waals surface area contributed by atoms with E-state index in [9.17, 15) is 8.78 Å². The molecule has 3 nitrogen and oxygen atoms in total. The molecule has 5 heteroatoms. The van der Waals surface area contributed by atoms with Gasteiger partial charge < -0.3 is 0 Å². The van der Waals surface area contributed by atoms with E-state index in [0.717, 1.165) is 0 Å². The Kier molecular flexibility index (Phi) is 0.964. The minimum Gasteiger partial charge on any atom is -0.263 e. The highest BCUT2D eigenvalue weighted by Gasteiger charge is 2.03. The molecule has 1 aromatic heterocycles. The Labute approximate surface area is 44.0 Å². The number of halogens is 2. The van der Waals surface area contributed by atoms with Crippen molar-refractivity contribution in [2.45, 2.75) is 0 Å². The molecule has 1 heterocycles. The molecule has 44 valence electrons. The molecular formula is C3H3F2N3. The Morgan fingerprint density at radius 1 is 1.25 bits per heavy atom. The summed E-state index contributed by atoms with van der Waals surface area (Å²) >= 11 is 0. The molecule has 0 aliphatic heterocycles. The van der Waals surface area contributed by atoms with Crippen LogP contribution in [0.2, 0.25) is 0 Å². The van der Waals surface area contributed by atoms with Crippen molar-refractivity contribution >= 4 is 0 Å². The highest BCUT2D eigenvalue weighted by molar-refractivity contribution is 4.63. The van der Waals surface area contributed by atoms with Gasteiger partial charge in [0.25, 0.3) is 0 Å². The summed E-state index contributed by atoms with van der Waals surface area (Å²) in [5.41, 5.74) is 0. The Balaban J connectivity index is 3.19. The maximum absolute atomic E-state index is 11.9. The second-order valence-electron chi connectivity index (χ2n) is 1.30. The third-order valence-corrected chi connectivity index (χ3v) is 0.769. The van der Waals surface area contributed by atoms with Crippen LogP contribution in [0.3, 0.4) is 0 Å². The van der Waals surface area contributed by atoms with Gasteiger partial charge in [-0.1, -0.05) is 10.2 Å². The number of hydrogen-bond acceptors (Lipinski definition) is 2. The van der Waals surface area contributed by atoms with Crippen molar-refractivity contribution in [3.05, 3.63) is 12.2 Å². The van der Waals surface area contributed by atoms with Crippen molar-refractivity contribution in [2.75, 3.05) is 0 Å². The summed E-state index contributed by atoms with van der Waals surface area (Å²) in [5, 5.41) is 5.57. The molecule has 0 aliphatic carbocycles. The van der Waals surface area contributed by atoms with E-state index in [1.807, 2.05) is 0 Å². The molecule has 0 aliphatic rings. The van der Waals surface area contributed by atoms with Gasteiger partial charge in [-0.25, -0.2) is 0 Å². The van der Waals surface area contributed by atoms with Gasteiger partial charge in [0.15, 0.2) is 0 Å². The van der Waals surface area contributed by atoms with Gasteiger partial charge in [-0.05, 0) is 0 Å². The lowest BCUT2D eigenvalue weighted by atomic mass is 11.0. The molecule has 0 radical (unpaired) electrons. The molecule has 0 aromatic carbocycles. The molecule has 1 aromatic rings. The maximum atomic E-state index is 11.9. The van der Waals surface area contributed by atoms with E-state index in [2.05, 4.69) is 10.2 Å². The van der Waals surface area contributed by atoms with Crippen LogP contribution in [0.25, 0.3) is 0 Å². The van der Waals surface area contributed by atoms with Crippen molar-refractivity contribution in [1.82, 2.24) is 14.8 Å². The van der Waals surface area contributed by atoms with Crippen LogP contribution >= 0.6 is 0 Å². The fourth-order valence-electron chi connectivity index (χ4n) is 0.293. The lowest BCUT2D eigenvalue weighted by Gasteiger charge is -1.84. The molecule has 1 rings (SSSR count). The van der Waals surface area contributed by atoms with E-state index < -0.39 is 12.2 Å². The molecule has 0 spiro atoms. The van der Waals surface area contributed by atoms with Crippen molar-refractivity contribution in [3.63, 3.8) is 0 Å². The summed E-state index contributed by atoms with van der Waals surface area (Å²) in [6.45, 7) is 0. The zero-order chi connectivity index (χ0) is 6.15. The van der Waals surface area contributed by atoms with Gasteiger partial charge in [0.2, 0.25) is 0 Å². The van der Waals surface area contributed by atoms with Crippen LogP contribution in [0.1, 0.15) is 0 Å². The van der Waals surface area contributed by atoms with Gasteiger partial charge in [-0.3, -0.25) is 4.57 Å². The van der Waals surface area contributed by atoms with E-state index in [1.54, 1.807) is 0 Å². The summed E-state index contributed by atoms with van der Waals surface area (Å²) in [4.78, 5) is 0. The first kappa shape index (κ1) is 5.14. The molecular weight excluding hydrogens is 116 g/mol. The van der Waals surface area contributed by atoms with Crippen LogP contribution < -0.4 is 0 Å². The predicted octanol–water partition coefficient (Wildman–Crippen LogP) is 0.0933. The fourth-order valence-corrected chi connectivity index (χ4v) is 0.293. The lowest BCUT2D eigenvalue weighted by molar-refractivity contribution is 0.441. The highest BCUT2D eigenvalue weighted by Crippen LogP contribution is 1.91. The topological polar surface area (TPSA) is 30.7 Å². The summed E-state index contributed by atoms with van der Waals surface area (Å²) in [6, 6.07) is 0. The molecule has 0 bridgehead atoms. The molecule has 0 unspecified atom stereocenters. The second kappa shape index (κ2) is 1.50. The first-order chi connectivity index (χ1) is 3.72. The van der Waals surface area contributed by atoms with E-state index >= 15 is 0 Å². The largest absolute Gasteiger partial charge is 0.311 e. The number of rotatable bonds is 0. The van der Waals surface area contributed by atoms with Crippen LogP contribution in [0.15, 0.2) is 0 Å². The van der Waals surface area contributed by atoms with Gasteiger partial charge in [-0.15, -0.1) is 0 Å². The smallest absolute Gasteiger partial charge is 0.263 e. The van der Waals surface area contributed by atoms with E-state index in [0.29, 0.717) is 4.57 Å². The first-order valence-electron chi connectivity index (χ1n) is 1.92. The average Bonchev–Trinajstić information content (AvgIpc) is 1.98. The van der Waals surface area contributed by atoms with Crippen LogP contribution in [-0.2, 0) is 7.05 Å². The van der Waals surface area contributed by atoms with Crippen molar-refractivity contribution in [3.8, 4) is 0 Å². The molecule has 0 saturated heterocycles. The maximum Gasteiger partial charge on any atom is 0.311 e. The minimum absolute atomic E-state index is 0.611. The fraction of sp³-hybridized carbons (Fsp3) is 0.333. The normalized spacial score (nSPS) is 9.88. The Bertz CT molecular complexity index is 175. The minimum atomic E-state index is -0.914. The van der Waals surface area contributed by atoms with Gasteiger partial charge in [0.05, 0.1) is 0 Å². The zero-order valence-electron chi connectivity index (χ0n) is 4.10. The SMILES string of the molecule is Cn1c(F)nnc1F. The number of hydrogen-bond donors (Lipinski definition) is 0. The Morgan fingerprint density at radius 3 is 1.75 bits per heavy atom. The molecule has 0 atom stereocenters. The van der Waals surface area contributed by atoms with E-state index in [4.69, 9.17) is 0 Å². The average molecular weight is 119 g/mol. The summed E-state index contributed by atoms with van der Waals surface area (Å²) < 4.78 is 24.4. The van der Waals surface area contributed by atoms with Crippen LogP contribution in [-0.4, -0.2) is 14.8 Å². The molecule has 0 N–H and O–H groups in total. The monoisotopic (exact) mass is 119 g/mol. The summed E-state index contributed by atoms with van der Waals surface area (Å²) in [5.74, 6) is 0. The third-order valence-electron chi connectivity index (χ3n) is 0.769. The molecule has 8 heavy (non-hydrogen) atoms. The predicted molar refractivity (Wildman–Crippen MR) is 20.9 cm³/mol. The van der Waals surface area contributed by atoms with E-state index in [-0.39, 0.29) is 0 Å². The Hall–Kier alpha value is -1.00. The van der Waals surface area contributed by atoms with Gasteiger partial charge >= 0.3 is 12.2 Å². The summed E-state index contributed by atoms with van der Waals surface area (Å²) in [6.07, 6.45) is -1.83. The van der Waals surface area contributed by atoms with Crippen LogP contribution in [0.5, 0.6) is 0 Å². The first-order valence-corrected chi connectivity index (χ1v) is 1.92. The summed E-state index contributed by atoms with van der Waals surface area (Å²) in [7, 11) is 1.20. The van der Waals surface area contributed by atoms with Gasteiger partial charge in [0.1, 0.15) is 0 Å². The van der Waals surface area contributed by atoms with Gasteiger partial charge in [-0.2, -0.15) is 8.78 Å². The van der Waals surface area contributed by atoms with Crippen LogP contribution in [0, 0.1) is 12.2 Å². The second-order valence-corrected chi connectivity index (χ2v) is 1.30. The quantitative estimate of drug-likeness (QED) is 0.484. The number of aromatic nitrogens is 3. The number of nitrogens with zero attached hydrogens (tertiary/aromatic N) is 3. The van der Waals surface area contributed by atoms with Crippen molar-refractivity contribution < 1.29 is 8.78 Å². The Morgan fingerprint density at radius 2 is 1.62 bits per heavy atom. The molecule has 0 amide bonds. The molecule has 0 fully saturated rings. The molecule has 0 saturated carbocycles. The highest BCUT2D eigenvalue weighted by atomic mass is 19.1.